The lowest BCUT2D eigenvalue weighted by atomic mass is 10.1. The number of ether oxygens (including phenoxy) is 1. The number of thiophene rings is 1. The molecule has 7 nitrogen and oxygen atoms in total. The zero-order valence-corrected chi connectivity index (χ0v) is 22.9. The standard InChI is InChI=1S/C29H29N5O2S2/c1-34(2)13-14-36-22-10-12-24-27(17-22)38-29(33-24)31-18-19-5-7-20(8-6-19)28(35)32-25-16-21(9-11-23(25)30)26-4-3-15-37-26/h3-12,15-17H,13-14,18,30H2,1-2H3,(H,31,33)(H,32,35). The fraction of sp³-hybridized carbons (Fsp3) is 0.172. The highest BCUT2D eigenvalue weighted by molar-refractivity contribution is 7.22. The molecule has 3 aromatic carbocycles. The Morgan fingerprint density at radius 1 is 1.05 bits per heavy atom. The zero-order chi connectivity index (χ0) is 26.5. The Balaban J connectivity index is 1.18. The molecule has 4 N–H and O–H groups in total. The predicted molar refractivity (Wildman–Crippen MR) is 160 cm³/mol. The van der Waals surface area contributed by atoms with Gasteiger partial charge in [-0.1, -0.05) is 35.6 Å². The molecule has 0 unspecified atom stereocenters. The van der Waals surface area contributed by atoms with Crippen LogP contribution in [0.1, 0.15) is 15.9 Å². The van der Waals surface area contributed by atoms with E-state index in [1.54, 1.807) is 22.7 Å². The number of hydrogen-bond donors (Lipinski definition) is 3. The molecule has 194 valence electrons. The molecule has 9 heteroatoms. The minimum atomic E-state index is -0.200. The topological polar surface area (TPSA) is 92.5 Å². The van der Waals surface area contributed by atoms with Gasteiger partial charge in [0.25, 0.3) is 5.91 Å². The number of aromatic nitrogens is 1. The van der Waals surface area contributed by atoms with Crippen molar-refractivity contribution in [1.82, 2.24) is 9.88 Å². The number of hydrogen-bond acceptors (Lipinski definition) is 8. The Hall–Kier alpha value is -3.92. The first-order valence-electron chi connectivity index (χ1n) is 12.2. The van der Waals surface area contributed by atoms with Crippen molar-refractivity contribution in [1.29, 1.82) is 0 Å². The molecule has 0 aliphatic rings. The van der Waals surface area contributed by atoms with Gasteiger partial charge in [-0.15, -0.1) is 11.3 Å². The minimum Gasteiger partial charge on any atom is -0.492 e. The van der Waals surface area contributed by atoms with Crippen LogP contribution in [0.2, 0.25) is 0 Å². The summed E-state index contributed by atoms with van der Waals surface area (Å²) < 4.78 is 6.91. The molecule has 2 heterocycles. The first-order valence-corrected chi connectivity index (χ1v) is 13.9. The van der Waals surface area contributed by atoms with Crippen LogP contribution in [0.15, 0.2) is 78.2 Å². The Morgan fingerprint density at radius 3 is 2.66 bits per heavy atom. The molecule has 2 aromatic heterocycles. The number of amides is 1. The summed E-state index contributed by atoms with van der Waals surface area (Å²) in [6.45, 7) is 2.11. The lowest BCUT2D eigenvalue weighted by Crippen LogP contribution is -2.19. The first-order chi connectivity index (χ1) is 18.4. The van der Waals surface area contributed by atoms with Gasteiger partial charge in [0.15, 0.2) is 5.13 Å². The van der Waals surface area contributed by atoms with E-state index in [1.807, 2.05) is 92.3 Å². The van der Waals surface area contributed by atoms with Crippen molar-refractivity contribution < 1.29 is 9.53 Å². The molecule has 0 atom stereocenters. The maximum absolute atomic E-state index is 12.9. The van der Waals surface area contributed by atoms with Crippen LogP contribution in [0.4, 0.5) is 16.5 Å². The van der Waals surface area contributed by atoms with Gasteiger partial charge < -0.3 is 26.0 Å². The summed E-state index contributed by atoms with van der Waals surface area (Å²) >= 11 is 3.24. The lowest BCUT2D eigenvalue weighted by Gasteiger charge is -2.10. The van der Waals surface area contributed by atoms with Crippen LogP contribution in [-0.2, 0) is 6.54 Å². The Bertz CT molecular complexity index is 1530. The molecule has 1 amide bonds. The van der Waals surface area contributed by atoms with Crippen molar-refractivity contribution in [3.8, 4) is 16.2 Å². The number of carbonyl (C=O) groups excluding carboxylic acids is 1. The summed E-state index contributed by atoms with van der Waals surface area (Å²) in [7, 11) is 4.05. The number of benzene rings is 3. The van der Waals surface area contributed by atoms with Gasteiger partial charge in [0.05, 0.1) is 21.6 Å². The molecule has 0 spiro atoms. The second kappa shape index (κ2) is 11.6. The van der Waals surface area contributed by atoms with Crippen LogP contribution in [0, 0.1) is 0 Å². The third-order valence-corrected chi connectivity index (χ3v) is 7.83. The number of carbonyl (C=O) groups is 1. The van der Waals surface area contributed by atoms with Gasteiger partial charge in [0.2, 0.25) is 0 Å². The molecule has 0 bridgehead atoms. The molecule has 0 fully saturated rings. The minimum absolute atomic E-state index is 0.200. The van der Waals surface area contributed by atoms with Gasteiger partial charge in [0, 0.05) is 23.5 Å². The number of nitrogen functional groups attached to an aromatic ring is 1. The summed E-state index contributed by atoms with van der Waals surface area (Å²) in [6, 6.07) is 23.2. The number of thiazole rings is 1. The van der Waals surface area contributed by atoms with Crippen molar-refractivity contribution in [3.05, 3.63) is 89.3 Å². The van der Waals surface area contributed by atoms with E-state index in [0.717, 1.165) is 43.6 Å². The molecule has 0 aliphatic carbocycles. The number of nitrogens with one attached hydrogen (secondary N) is 2. The molecule has 0 saturated heterocycles. The second-order valence-corrected chi connectivity index (χ2v) is 11.1. The van der Waals surface area contributed by atoms with E-state index in [1.165, 1.54) is 0 Å². The lowest BCUT2D eigenvalue weighted by molar-refractivity contribution is 0.102. The van der Waals surface area contributed by atoms with Gasteiger partial charge in [-0.3, -0.25) is 4.79 Å². The number of nitrogens with zero attached hydrogens (tertiary/aromatic N) is 2. The fourth-order valence-corrected chi connectivity index (χ4v) is 5.44. The van der Waals surface area contributed by atoms with Crippen molar-refractivity contribution in [3.63, 3.8) is 0 Å². The van der Waals surface area contributed by atoms with Crippen LogP contribution in [-0.4, -0.2) is 43.0 Å². The largest absolute Gasteiger partial charge is 0.492 e. The summed E-state index contributed by atoms with van der Waals surface area (Å²) in [5.74, 6) is 0.651. The summed E-state index contributed by atoms with van der Waals surface area (Å²) in [4.78, 5) is 20.8. The van der Waals surface area contributed by atoms with E-state index >= 15 is 0 Å². The SMILES string of the molecule is CN(C)CCOc1ccc2nc(NCc3ccc(C(=O)Nc4cc(-c5cccs5)ccc4N)cc3)sc2c1. The van der Waals surface area contributed by atoms with Gasteiger partial charge in [-0.2, -0.15) is 0 Å². The quantitative estimate of drug-likeness (QED) is 0.176. The maximum atomic E-state index is 12.9. The number of likely N-dealkylation sites (N-methyl/N-ethyl adjacent to an activating group) is 1. The van der Waals surface area contributed by atoms with Gasteiger partial charge in [-0.05, 0) is 79.1 Å². The van der Waals surface area contributed by atoms with Crippen molar-refractivity contribution >= 4 is 55.3 Å². The Labute approximate surface area is 229 Å². The molecular formula is C29H29N5O2S2. The third kappa shape index (κ3) is 6.31. The van der Waals surface area contributed by atoms with E-state index in [9.17, 15) is 4.79 Å². The van der Waals surface area contributed by atoms with Crippen LogP contribution in [0.25, 0.3) is 20.7 Å². The normalized spacial score (nSPS) is 11.1. The van der Waals surface area contributed by atoms with Crippen molar-refractivity contribution in [2.45, 2.75) is 6.54 Å². The Kier molecular flexibility index (Phi) is 7.88. The van der Waals surface area contributed by atoms with Crippen LogP contribution in [0.5, 0.6) is 5.75 Å². The average Bonchev–Trinajstić information content (AvgIpc) is 3.59. The van der Waals surface area contributed by atoms with Crippen molar-refractivity contribution in [2.75, 3.05) is 43.6 Å². The highest BCUT2D eigenvalue weighted by atomic mass is 32.1. The smallest absolute Gasteiger partial charge is 0.255 e. The summed E-state index contributed by atoms with van der Waals surface area (Å²) in [6.07, 6.45) is 0. The molecule has 0 radical (unpaired) electrons. The molecule has 0 aliphatic heterocycles. The van der Waals surface area contributed by atoms with E-state index < -0.39 is 0 Å². The average molecular weight is 544 g/mol. The van der Waals surface area contributed by atoms with Gasteiger partial charge >= 0.3 is 0 Å². The number of fused-ring (bicyclic) bond motifs is 1. The molecule has 5 rings (SSSR count). The summed E-state index contributed by atoms with van der Waals surface area (Å²) in [5.41, 5.74) is 10.8. The molecular weight excluding hydrogens is 514 g/mol. The van der Waals surface area contributed by atoms with Crippen molar-refractivity contribution in [2.24, 2.45) is 0 Å². The van der Waals surface area contributed by atoms with Crippen LogP contribution >= 0.6 is 22.7 Å². The highest BCUT2D eigenvalue weighted by Crippen LogP contribution is 2.31. The van der Waals surface area contributed by atoms with Gasteiger partial charge in [-0.25, -0.2) is 4.98 Å². The zero-order valence-electron chi connectivity index (χ0n) is 21.2. The van der Waals surface area contributed by atoms with Gasteiger partial charge in [0.1, 0.15) is 12.4 Å². The molecule has 0 saturated carbocycles. The van der Waals surface area contributed by atoms with Crippen LogP contribution < -0.4 is 21.1 Å². The van der Waals surface area contributed by atoms with E-state index in [2.05, 4.69) is 20.5 Å². The number of rotatable bonds is 10. The predicted octanol–water partition coefficient (Wildman–Crippen LogP) is 6.41. The maximum Gasteiger partial charge on any atom is 0.255 e. The Morgan fingerprint density at radius 2 is 1.89 bits per heavy atom. The van der Waals surface area contributed by atoms with Crippen LogP contribution in [0.3, 0.4) is 0 Å². The first kappa shape index (κ1) is 25.7. The van der Waals surface area contributed by atoms with E-state index in [0.29, 0.717) is 30.1 Å². The third-order valence-electron chi connectivity index (χ3n) is 5.93. The monoisotopic (exact) mass is 543 g/mol. The van der Waals surface area contributed by atoms with E-state index in [-0.39, 0.29) is 5.91 Å². The second-order valence-electron chi connectivity index (χ2n) is 9.08. The molecule has 38 heavy (non-hydrogen) atoms. The molecule has 5 aromatic rings. The van der Waals surface area contributed by atoms with E-state index in [4.69, 9.17) is 10.5 Å². The number of anilines is 3. The highest BCUT2D eigenvalue weighted by Gasteiger charge is 2.11. The fourth-order valence-electron chi connectivity index (χ4n) is 3.82. The number of nitrogens with two attached hydrogens (primary N) is 1. The summed E-state index contributed by atoms with van der Waals surface area (Å²) in [5, 5.41) is 9.20.